The zero-order valence-corrected chi connectivity index (χ0v) is 14.9. The lowest BCUT2D eigenvalue weighted by molar-refractivity contribution is 0.325. The van der Waals surface area contributed by atoms with Gasteiger partial charge in [0.2, 0.25) is 11.2 Å². The van der Waals surface area contributed by atoms with Crippen LogP contribution in [0, 0.1) is 13.8 Å². The fraction of sp³-hybridized carbons (Fsp3) is 0.316. The maximum absolute atomic E-state index is 12.1. The summed E-state index contributed by atoms with van der Waals surface area (Å²) in [6.07, 6.45) is 0. The van der Waals surface area contributed by atoms with Gasteiger partial charge in [0.15, 0.2) is 17.2 Å². The van der Waals surface area contributed by atoms with E-state index in [1.807, 2.05) is 26.0 Å². The first-order valence-electron chi connectivity index (χ1n) is 7.47. The summed E-state index contributed by atoms with van der Waals surface area (Å²) >= 11 is 0. The summed E-state index contributed by atoms with van der Waals surface area (Å²) in [6, 6.07) is 6.97. The fourth-order valence-corrected chi connectivity index (χ4v) is 2.78. The highest BCUT2D eigenvalue weighted by atomic mass is 16.5. The van der Waals surface area contributed by atoms with E-state index in [1.165, 1.54) is 7.11 Å². The van der Waals surface area contributed by atoms with E-state index < -0.39 is 0 Å². The third kappa shape index (κ3) is 3.02. The molecule has 0 heterocycles. The van der Waals surface area contributed by atoms with Gasteiger partial charge in [-0.2, -0.15) is 0 Å². The second kappa shape index (κ2) is 7.25. The molecule has 0 saturated heterocycles. The monoisotopic (exact) mass is 330 g/mol. The molecule has 0 amide bonds. The van der Waals surface area contributed by atoms with Crippen LogP contribution >= 0.6 is 0 Å². The van der Waals surface area contributed by atoms with E-state index in [0.29, 0.717) is 23.0 Å². The average molecular weight is 330 g/mol. The first-order chi connectivity index (χ1) is 11.5. The van der Waals surface area contributed by atoms with Crippen LogP contribution in [0.3, 0.4) is 0 Å². The number of hydrogen-bond donors (Lipinski definition) is 0. The molecule has 0 aliphatic rings. The Bertz CT molecular complexity index is 812. The Balaban J connectivity index is 2.87. The molecular weight excluding hydrogens is 308 g/mol. The van der Waals surface area contributed by atoms with Gasteiger partial charge in [0.1, 0.15) is 0 Å². The van der Waals surface area contributed by atoms with E-state index in [0.717, 1.165) is 22.3 Å². The molecule has 2 aromatic carbocycles. The smallest absolute Gasteiger partial charge is 0.220 e. The second-order valence-electron chi connectivity index (χ2n) is 5.34. The standard InChI is InChI=1S/C19H22O5/c1-11-9-14(20)15(21-3)8-7-13(11)17-12(2)10-16(22-4)18(23-5)19(17)24-6/h7-10H,1-6H3. The summed E-state index contributed by atoms with van der Waals surface area (Å²) in [4.78, 5) is 12.1. The Morgan fingerprint density at radius 3 is 1.88 bits per heavy atom. The van der Waals surface area contributed by atoms with Crippen molar-refractivity contribution in [2.75, 3.05) is 28.4 Å². The van der Waals surface area contributed by atoms with Crippen molar-refractivity contribution in [2.45, 2.75) is 13.8 Å². The van der Waals surface area contributed by atoms with E-state index in [4.69, 9.17) is 18.9 Å². The Morgan fingerprint density at radius 1 is 0.708 bits per heavy atom. The topological polar surface area (TPSA) is 54.0 Å². The van der Waals surface area contributed by atoms with Crippen LogP contribution < -0.4 is 24.4 Å². The van der Waals surface area contributed by atoms with Crippen molar-refractivity contribution in [2.24, 2.45) is 0 Å². The third-order valence-corrected chi connectivity index (χ3v) is 3.93. The summed E-state index contributed by atoms with van der Waals surface area (Å²) in [5.74, 6) is 1.97. The number of ether oxygens (including phenoxy) is 4. The number of hydrogen-bond acceptors (Lipinski definition) is 5. The van der Waals surface area contributed by atoms with Gasteiger partial charge in [0.05, 0.1) is 28.4 Å². The van der Waals surface area contributed by atoms with Crippen molar-refractivity contribution in [1.82, 2.24) is 0 Å². The number of methoxy groups -OCH3 is 4. The van der Waals surface area contributed by atoms with Gasteiger partial charge in [-0.25, -0.2) is 0 Å². The quantitative estimate of drug-likeness (QED) is 0.841. The third-order valence-electron chi connectivity index (χ3n) is 3.93. The highest BCUT2D eigenvalue weighted by Gasteiger charge is 2.21. The highest BCUT2D eigenvalue weighted by Crippen LogP contribution is 2.47. The van der Waals surface area contributed by atoms with Crippen molar-refractivity contribution in [3.8, 4) is 34.1 Å². The molecule has 5 nitrogen and oxygen atoms in total. The average Bonchev–Trinajstić information content (AvgIpc) is 2.71. The van der Waals surface area contributed by atoms with Crippen molar-refractivity contribution in [1.29, 1.82) is 0 Å². The summed E-state index contributed by atoms with van der Waals surface area (Å²) in [5.41, 5.74) is 3.32. The van der Waals surface area contributed by atoms with Crippen LogP contribution in [0.15, 0.2) is 29.1 Å². The molecule has 0 bridgehead atoms. The number of aryl methyl sites for hydroxylation is 2. The molecular formula is C19H22O5. The molecule has 128 valence electrons. The summed E-state index contributed by atoms with van der Waals surface area (Å²) in [6.45, 7) is 3.84. The minimum Gasteiger partial charge on any atom is -0.493 e. The number of benzene rings is 1. The predicted octanol–water partition coefficient (Wildman–Crippen LogP) is 3.37. The Hall–Kier alpha value is -2.69. The normalized spacial score (nSPS) is 10.2. The number of rotatable bonds is 5. The lowest BCUT2D eigenvalue weighted by Crippen LogP contribution is -2.01. The Morgan fingerprint density at radius 2 is 1.33 bits per heavy atom. The van der Waals surface area contributed by atoms with E-state index in [2.05, 4.69) is 0 Å². The molecule has 0 N–H and O–H groups in total. The van der Waals surface area contributed by atoms with Crippen molar-refractivity contribution in [3.63, 3.8) is 0 Å². The molecule has 0 radical (unpaired) electrons. The molecule has 0 spiro atoms. The Labute approximate surface area is 141 Å². The largest absolute Gasteiger partial charge is 0.493 e. The van der Waals surface area contributed by atoms with Crippen LogP contribution in [0.1, 0.15) is 11.1 Å². The molecule has 0 aliphatic carbocycles. The molecule has 5 heteroatoms. The minimum absolute atomic E-state index is 0.168. The molecule has 0 aromatic heterocycles. The first kappa shape index (κ1) is 17.7. The maximum atomic E-state index is 12.1. The zero-order valence-electron chi connectivity index (χ0n) is 14.9. The molecule has 2 aromatic rings. The lowest BCUT2D eigenvalue weighted by Gasteiger charge is -2.18. The molecule has 24 heavy (non-hydrogen) atoms. The van der Waals surface area contributed by atoms with Gasteiger partial charge in [0.25, 0.3) is 0 Å². The summed E-state index contributed by atoms with van der Waals surface area (Å²) in [7, 11) is 6.21. The first-order valence-corrected chi connectivity index (χ1v) is 7.47. The van der Waals surface area contributed by atoms with Crippen LogP contribution in [0.2, 0.25) is 0 Å². The van der Waals surface area contributed by atoms with E-state index in [-0.39, 0.29) is 5.43 Å². The summed E-state index contributed by atoms with van der Waals surface area (Å²) < 4.78 is 21.6. The SMILES string of the molecule is COc1cc(C)c(-c2ccc(OC)c(=O)cc2C)c(OC)c1OC. The van der Waals surface area contributed by atoms with Gasteiger partial charge < -0.3 is 18.9 Å². The van der Waals surface area contributed by atoms with Crippen LogP contribution in [0.25, 0.3) is 11.1 Å². The maximum Gasteiger partial charge on any atom is 0.220 e. The van der Waals surface area contributed by atoms with E-state index in [1.54, 1.807) is 33.5 Å². The molecule has 0 fully saturated rings. The van der Waals surface area contributed by atoms with E-state index in [9.17, 15) is 4.79 Å². The predicted molar refractivity (Wildman–Crippen MR) is 93.8 cm³/mol. The van der Waals surface area contributed by atoms with Gasteiger partial charge >= 0.3 is 0 Å². The van der Waals surface area contributed by atoms with Crippen LogP contribution in [-0.2, 0) is 0 Å². The van der Waals surface area contributed by atoms with Crippen molar-refractivity contribution in [3.05, 3.63) is 45.6 Å². The van der Waals surface area contributed by atoms with Gasteiger partial charge in [-0.15, -0.1) is 0 Å². The molecule has 0 atom stereocenters. The van der Waals surface area contributed by atoms with Crippen LogP contribution in [0.4, 0.5) is 0 Å². The summed E-state index contributed by atoms with van der Waals surface area (Å²) in [5, 5.41) is 0. The molecule has 0 aliphatic heterocycles. The van der Waals surface area contributed by atoms with E-state index >= 15 is 0 Å². The van der Waals surface area contributed by atoms with Crippen molar-refractivity contribution >= 4 is 0 Å². The lowest BCUT2D eigenvalue weighted by atomic mass is 9.96. The van der Waals surface area contributed by atoms with Crippen molar-refractivity contribution < 1.29 is 18.9 Å². The molecule has 2 rings (SSSR count). The zero-order chi connectivity index (χ0) is 17.9. The molecule has 0 unspecified atom stereocenters. The van der Waals surface area contributed by atoms with Gasteiger partial charge in [-0.3, -0.25) is 4.79 Å². The second-order valence-corrected chi connectivity index (χ2v) is 5.34. The Kier molecular flexibility index (Phi) is 5.34. The van der Waals surface area contributed by atoms with Gasteiger partial charge in [0, 0.05) is 5.56 Å². The van der Waals surface area contributed by atoms with Gasteiger partial charge in [-0.1, -0.05) is 6.07 Å². The highest BCUT2D eigenvalue weighted by molar-refractivity contribution is 5.81. The van der Waals surface area contributed by atoms with Crippen LogP contribution in [-0.4, -0.2) is 28.4 Å². The fourth-order valence-electron chi connectivity index (χ4n) is 2.78. The minimum atomic E-state index is -0.168. The molecule has 0 saturated carbocycles. The van der Waals surface area contributed by atoms with Gasteiger partial charge in [-0.05, 0) is 48.7 Å². The van der Waals surface area contributed by atoms with Crippen LogP contribution in [0.5, 0.6) is 23.0 Å².